The average molecular weight is 370 g/mol. The summed E-state index contributed by atoms with van der Waals surface area (Å²) in [5.41, 5.74) is -1.18. The van der Waals surface area contributed by atoms with Gasteiger partial charge in [0.15, 0.2) is 5.82 Å². The number of aromatic nitrogens is 3. The molecule has 4 nitrogen and oxygen atoms in total. The fourth-order valence-electron chi connectivity index (χ4n) is 1.96. The van der Waals surface area contributed by atoms with E-state index in [0.29, 0.717) is 15.4 Å². The van der Waals surface area contributed by atoms with Crippen LogP contribution in [0.15, 0.2) is 45.7 Å². The van der Waals surface area contributed by atoms with Crippen LogP contribution in [0, 0.1) is 0 Å². The SMILES string of the molecule is O=c1[nH]c(-c2nc(C(F)(F)F)ccc2Br)nc2ccccc12. The molecule has 0 atom stereocenters. The number of benzene rings is 1. The monoisotopic (exact) mass is 369 g/mol. The number of rotatable bonds is 1. The zero-order valence-corrected chi connectivity index (χ0v) is 12.4. The molecule has 3 rings (SSSR count). The molecule has 0 amide bonds. The molecule has 0 fully saturated rings. The minimum Gasteiger partial charge on any atom is -0.305 e. The Labute approximate surface area is 130 Å². The lowest BCUT2D eigenvalue weighted by Gasteiger charge is -2.09. The van der Waals surface area contributed by atoms with Gasteiger partial charge in [-0.2, -0.15) is 13.2 Å². The molecule has 22 heavy (non-hydrogen) atoms. The number of para-hydroxylation sites is 1. The van der Waals surface area contributed by atoms with Gasteiger partial charge in [-0.05, 0) is 40.2 Å². The van der Waals surface area contributed by atoms with Crippen molar-refractivity contribution in [2.45, 2.75) is 6.18 Å². The summed E-state index contributed by atoms with van der Waals surface area (Å²) in [7, 11) is 0. The lowest BCUT2D eigenvalue weighted by molar-refractivity contribution is -0.141. The van der Waals surface area contributed by atoms with Crippen LogP contribution in [0.5, 0.6) is 0 Å². The molecule has 1 aromatic carbocycles. The third-order valence-corrected chi connectivity index (χ3v) is 3.61. The van der Waals surface area contributed by atoms with Crippen molar-refractivity contribution in [2.24, 2.45) is 0 Å². The molecule has 0 spiro atoms. The van der Waals surface area contributed by atoms with Crippen molar-refractivity contribution in [3.8, 4) is 11.5 Å². The lowest BCUT2D eigenvalue weighted by Crippen LogP contribution is -2.12. The molecule has 0 saturated carbocycles. The molecule has 1 N–H and O–H groups in total. The van der Waals surface area contributed by atoms with Gasteiger partial charge in [-0.3, -0.25) is 4.79 Å². The van der Waals surface area contributed by atoms with E-state index in [1.807, 2.05) is 0 Å². The quantitative estimate of drug-likeness (QED) is 0.710. The summed E-state index contributed by atoms with van der Waals surface area (Å²) in [6.45, 7) is 0. The first-order chi connectivity index (χ1) is 10.4. The van der Waals surface area contributed by atoms with Crippen molar-refractivity contribution in [1.82, 2.24) is 15.0 Å². The first-order valence-corrected chi connectivity index (χ1v) is 6.89. The molecule has 0 saturated heterocycles. The van der Waals surface area contributed by atoms with Gasteiger partial charge in [-0.15, -0.1) is 0 Å². The summed E-state index contributed by atoms with van der Waals surface area (Å²) in [6.07, 6.45) is -4.58. The highest BCUT2D eigenvalue weighted by molar-refractivity contribution is 9.10. The Bertz CT molecular complexity index is 921. The molecule has 2 heterocycles. The Hall–Kier alpha value is -2.22. The average Bonchev–Trinajstić information content (AvgIpc) is 2.46. The van der Waals surface area contributed by atoms with Crippen LogP contribution >= 0.6 is 15.9 Å². The van der Waals surface area contributed by atoms with E-state index in [0.717, 1.165) is 6.07 Å². The zero-order chi connectivity index (χ0) is 15.9. The van der Waals surface area contributed by atoms with Crippen molar-refractivity contribution in [1.29, 1.82) is 0 Å². The van der Waals surface area contributed by atoms with E-state index in [-0.39, 0.29) is 11.5 Å². The van der Waals surface area contributed by atoms with Gasteiger partial charge >= 0.3 is 6.18 Å². The van der Waals surface area contributed by atoms with Gasteiger partial charge in [0.25, 0.3) is 5.56 Å². The first-order valence-electron chi connectivity index (χ1n) is 6.09. The number of hydrogen-bond donors (Lipinski definition) is 1. The second kappa shape index (κ2) is 5.20. The number of halogens is 4. The van der Waals surface area contributed by atoms with Crippen molar-refractivity contribution >= 4 is 26.8 Å². The predicted molar refractivity (Wildman–Crippen MR) is 78.3 cm³/mol. The van der Waals surface area contributed by atoms with Crippen molar-refractivity contribution in [3.63, 3.8) is 0 Å². The number of H-pyrrole nitrogens is 1. The maximum atomic E-state index is 12.8. The Balaban J connectivity index is 2.25. The number of alkyl halides is 3. The normalized spacial score (nSPS) is 11.8. The standard InChI is InChI=1S/C14H7BrF3N3O/c15-8-5-6-10(14(16,17)18)20-11(8)12-19-9-4-2-1-3-7(9)13(22)21-12/h1-6H,(H,19,21,22). The molecule has 0 unspecified atom stereocenters. The maximum absolute atomic E-state index is 12.8. The summed E-state index contributed by atoms with van der Waals surface area (Å²) in [5.74, 6) is -0.0262. The molecule has 8 heteroatoms. The minimum absolute atomic E-state index is 0.0262. The molecule has 2 aromatic heterocycles. The third kappa shape index (κ3) is 2.61. The molecule has 0 aliphatic heterocycles. The molecule has 112 valence electrons. The van der Waals surface area contributed by atoms with Crippen molar-refractivity contribution in [3.05, 3.63) is 56.9 Å². The molecular formula is C14H7BrF3N3O. The molecule has 0 aliphatic carbocycles. The first kappa shape index (κ1) is 14.7. The lowest BCUT2D eigenvalue weighted by atomic mass is 10.2. The van der Waals surface area contributed by atoms with Gasteiger partial charge in [-0.1, -0.05) is 12.1 Å². The van der Waals surface area contributed by atoms with Gasteiger partial charge in [-0.25, -0.2) is 9.97 Å². The second-order valence-electron chi connectivity index (χ2n) is 4.46. The Kier molecular flexibility index (Phi) is 3.48. The zero-order valence-electron chi connectivity index (χ0n) is 10.8. The van der Waals surface area contributed by atoms with E-state index >= 15 is 0 Å². The summed E-state index contributed by atoms with van der Waals surface area (Å²) < 4.78 is 38.6. The van der Waals surface area contributed by atoms with Gasteiger partial charge in [0, 0.05) is 4.47 Å². The highest BCUT2D eigenvalue weighted by Gasteiger charge is 2.33. The minimum atomic E-state index is -4.58. The van der Waals surface area contributed by atoms with Crippen LogP contribution < -0.4 is 5.56 Å². The summed E-state index contributed by atoms with van der Waals surface area (Å²) in [6, 6.07) is 8.63. The van der Waals surface area contributed by atoms with Crippen LogP contribution in [0.3, 0.4) is 0 Å². The van der Waals surface area contributed by atoms with Crippen LogP contribution in [0.25, 0.3) is 22.4 Å². The fraction of sp³-hybridized carbons (Fsp3) is 0.0714. The Morgan fingerprint density at radius 1 is 1.05 bits per heavy atom. The highest BCUT2D eigenvalue weighted by atomic mass is 79.9. The van der Waals surface area contributed by atoms with Crippen molar-refractivity contribution in [2.75, 3.05) is 0 Å². The number of fused-ring (bicyclic) bond motifs is 1. The number of pyridine rings is 1. The summed E-state index contributed by atoms with van der Waals surface area (Å²) in [4.78, 5) is 22.2. The van der Waals surface area contributed by atoms with Crippen LogP contribution in [-0.2, 0) is 6.18 Å². The number of nitrogens with one attached hydrogen (secondary N) is 1. The molecule has 0 radical (unpaired) electrons. The molecule has 0 bridgehead atoms. The summed E-state index contributed by atoms with van der Waals surface area (Å²) >= 11 is 3.13. The third-order valence-electron chi connectivity index (χ3n) is 2.97. The maximum Gasteiger partial charge on any atom is 0.433 e. The predicted octanol–water partition coefficient (Wildman–Crippen LogP) is 3.77. The van der Waals surface area contributed by atoms with Crippen molar-refractivity contribution < 1.29 is 13.2 Å². The smallest absolute Gasteiger partial charge is 0.305 e. The topological polar surface area (TPSA) is 58.6 Å². The second-order valence-corrected chi connectivity index (χ2v) is 5.31. The largest absolute Gasteiger partial charge is 0.433 e. The Morgan fingerprint density at radius 3 is 2.50 bits per heavy atom. The summed E-state index contributed by atoms with van der Waals surface area (Å²) in [5, 5.41) is 0.356. The van der Waals surface area contributed by atoms with Gasteiger partial charge in [0.1, 0.15) is 11.4 Å². The van der Waals surface area contributed by atoms with E-state index in [1.54, 1.807) is 24.3 Å². The number of hydrogen-bond acceptors (Lipinski definition) is 3. The van der Waals surface area contributed by atoms with Gasteiger partial charge in [0.2, 0.25) is 0 Å². The van der Waals surface area contributed by atoms with Crippen LogP contribution in [-0.4, -0.2) is 15.0 Å². The molecule has 0 aliphatic rings. The fourth-order valence-corrected chi connectivity index (χ4v) is 2.37. The van der Waals surface area contributed by atoms with E-state index in [4.69, 9.17) is 0 Å². The van der Waals surface area contributed by atoms with Gasteiger partial charge in [0.05, 0.1) is 10.9 Å². The highest BCUT2D eigenvalue weighted by Crippen LogP contribution is 2.32. The van der Waals surface area contributed by atoms with Crippen LogP contribution in [0.1, 0.15) is 5.69 Å². The van der Waals surface area contributed by atoms with E-state index in [2.05, 4.69) is 30.9 Å². The van der Waals surface area contributed by atoms with Crippen LogP contribution in [0.2, 0.25) is 0 Å². The molecule has 3 aromatic rings. The number of nitrogens with zero attached hydrogens (tertiary/aromatic N) is 2. The van der Waals surface area contributed by atoms with E-state index in [1.165, 1.54) is 6.07 Å². The Morgan fingerprint density at radius 2 is 1.77 bits per heavy atom. The molecular weight excluding hydrogens is 363 g/mol. The number of aromatic amines is 1. The van der Waals surface area contributed by atoms with Gasteiger partial charge < -0.3 is 4.98 Å². The van der Waals surface area contributed by atoms with E-state index < -0.39 is 17.4 Å². The van der Waals surface area contributed by atoms with Crippen LogP contribution in [0.4, 0.5) is 13.2 Å². The van der Waals surface area contributed by atoms with E-state index in [9.17, 15) is 18.0 Å².